The second-order valence-corrected chi connectivity index (χ2v) is 9.27. The van der Waals surface area contributed by atoms with E-state index in [9.17, 15) is 13.2 Å². The third-order valence-electron chi connectivity index (χ3n) is 5.30. The molecule has 0 aromatic rings. The second-order valence-electron chi connectivity index (χ2n) is 7.01. The minimum atomic E-state index is -3.12. The van der Waals surface area contributed by atoms with Gasteiger partial charge in [-0.2, -0.15) is 0 Å². The molecule has 0 atom stereocenters. The van der Waals surface area contributed by atoms with Crippen LogP contribution in [0, 0.1) is 5.92 Å². The van der Waals surface area contributed by atoms with E-state index in [1.165, 1.54) is 42.8 Å². The van der Waals surface area contributed by atoms with Gasteiger partial charge in [0.25, 0.3) is 0 Å². The third-order valence-corrected chi connectivity index (χ3v) is 7.18. The highest BCUT2D eigenvalue weighted by Crippen LogP contribution is 2.20. The van der Waals surface area contributed by atoms with Crippen molar-refractivity contribution < 1.29 is 13.2 Å². The topological polar surface area (TPSA) is 78.5 Å². The van der Waals surface area contributed by atoms with Crippen LogP contribution in [0.5, 0.6) is 0 Å². The Morgan fingerprint density at radius 2 is 1.62 bits per heavy atom. The molecule has 1 aliphatic carbocycles. The fraction of sp³-hybridized carbons (Fsp3) is 0.941. The Morgan fingerprint density at radius 1 is 1.00 bits per heavy atom. The first-order valence-electron chi connectivity index (χ1n) is 9.52. The minimum Gasteiger partial charge on any atom is -0.355 e. The summed E-state index contributed by atoms with van der Waals surface area (Å²) < 4.78 is 25.2. The summed E-state index contributed by atoms with van der Waals surface area (Å²) in [7, 11) is -3.12. The van der Waals surface area contributed by atoms with Gasteiger partial charge in [0.15, 0.2) is 0 Å². The molecule has 0 spiro atoms. The Balaban J connectivity index is 1.61. The Kier molecular flexibility index (Phi) is 7.97. The molecule has 6 nitrogen and oxygen atoms in total. The Bertz CT molecular complexity index is 479. The molecule has 1 amide bonds. The summed E-state index contributed by atoms with van der Waals surface area (Å²) in [4.78, 5) is 12.2. The second kappa shape index (κ2) is 9.73. The average Bonchev–Trinajstić information content (AvgIpc) is 2.87. The van der Waals surface area contributed by atoms with Crippen molar-refractivity contribution >= 4 is 15.9 Å². The molecular weight excluding hydrogens is 326 g/mol. The summed E-state index contributed by atoms with van der Waals surface area (Å²) in [5, 5.41) is 6.56. The van der Waals surface area contributed by atoms with Gasteiger partial charge in [-0.25, -0.2) is 12.7 Å². The van der Waals surface area contributed by atoms with Crippen molar-refractivity contribution in [1.29, 1.82) is 0 Å². The largest absolute Gasteiger partial charge is 0.355 e. The maximum atomic E-state index is 12.2. The van der Waals surface area contributed by atoms with Crippen LogP contribution in [-0.2, 0) is 14.8 Å². The van der Waals surface area contributed by atoms with Crippen molar-refractivity contribution in [3.8, 4) is 0 Å². The number of piperidine rings is 1. The summed E-state index contributed by atoms with van der Waals surface area (Å²) >= 11 is 0. The fourth-order valence-electron chi connectivity index (χ4n) is 3.67. The van der Waals surface area contributed by atoms with Crippen LogP contribution in [0.4, 0.5) is 0 Å². The standard InChI is InChI=1S/C17H33N3O3S/c1-2-24(22,23)20-13-9-15(10-14-20)17(21)19-12-11-18-16-7-5-3-4-6-8-16/h15-16,18H,2-14H2,1H3,(H,19,21). The van der Waals surface area contributed by atoms with E-state index in [2.05, 4.69) is 10.6 Å². The number of hydrogen-bond donors (Lipinski definition) is 2. The van der Waals surface area contributed by atoms with E-state index in [1.54, 1.807) is 6.92 Å². The van der Waals surface area contributed by atoms with E-state index in [0.29, 0.717) is 38.5 Å². The first-order chi connectivity index (χ1) is 11.5. The minimum absolute atomic E-state index is 0.0498. The van der Waals surface area contributed by atoms with Gasteiger partial charge in [-0.1, -0.05) is 25.7 Å². The lowest BCUT2D eigenvalue weighted by Gasteiger charge is -2.30. The first-order valence-corrected chi connectivity index (χ1v) is 11.1. The molecule has 1 aliphatic heterocycles. The third kappa shape index (κ3) is 6.01. The predicted molar refractivity (Wildman–Crippen MR) is 96.3 cm³/mol. The lowest BCUT2D eigenvalue weighted by atomic mass is 9.97. The molecule has 0 aromatic heterocycles. The molecule has 0 unspecified atom stereocenters. The average molecular weight is 360 g/mol. The molecule has 2 rings (SSSR count). The molecule has 0 radical (unpaired) electrons. The van der Waals surface area contributed by atoms with Gasteiger partial charge < -0.3 is 10.6 Å². The lowest BCUT2D eigenvalue weighted by Crippen LogP contribution is -2.44. The number of amides is 1. The number of sulfonamides is 1. The van der Waals surface area contributed by atoms with Crippen LogP contribution in [-0.4, -0.2) is 56.6 Å². The smallest absolute Gasteiger partial charge is 0.223 e. The Labute approximate surface area is 146 Å². The van der Waals surface area contributed by atoms with E-state index in [4.69, 9.17) is 0 Å². The van der Waals surface area contributed by atoms with Gasteiger partial charge in [0.05, 0.1) is 5.75 Å². The van der Waals surface area contributed by atoms with E-state index < -0.39 is 10.0 Å². The van der Waals surface area contributed by atoms with Crippen molar-refractivity contribution in [1.82, 2.24) is 14.9 Å². The summed E-state index contributed by atoms with van der Waals surface area (Å²) in [5.74, 6) is 0.161. The van der Waals surface area contributed by atoms with Gasteiger partial charge in [-0.15, -0.1) is 0 Å². The molecule has 0 bridgehead atoms. The number of carbonyl (C=O) groups is 1. The van der Waals surface area contributed by atoms with Crippen molar-refractivity contribution in [2.24, 2.45) is 5.92 Å². The van der Waals surface area contributed by atoms with Crippen LogP contribution in [0.2, 0.25) is 0 Å². The Hall–Kier alpha value is -0.660. The number of nitrogens with one attached hydrogen (secondary N) is 2. The zero-order valence-corrected chi connectivity index (χ0v) is 15.7. The molecule has 7 heteroatoms. The Morgan fingerprint density at radius 3 is 2.21 bits per heavy atom. The number of carbonyl (C=O) groups excluding carboxylic acids is 1. The summed E-state index contributed by atoms with van der Waals surface area (Å²) in [6.45, 7) is 4.07. The maximum absolute atomic E-state index is 12.2. The summed E-state index contributed by atoms with van der Waals surface area (Å²) in [5.41, 5.74) is 0. The number of nitrogens with zero attached hydrogens (tertiary/aromatic N) is 1. The molecule has 0 aromatic carbocycles. The van der Waals surface area contributed by atoms with Crippen LogP contribution in [0.1, 0.15) is 58.3 Å². The molecule has 140 valence electrons. The molecule has 1 heterocycles. The van der Waals surface area contributed by atoms with E-state index in [1.807, 2.05) is 0 Å². The molecule has 24 heavy (non-hydrogen) atoms. The van der Waals surface area contributed by atoms with Crippen LogP contribution < -0.4 is 10.6 Å². The first kappa shape index (κ1) is 19.7. The zero-order chi connectivity index (χ0) is 17.4. The van der Waals surface area contributed by atoms with Crippen LogP contribution in [0.25, 0.3) is 0 Å². The molecular formula is C17H33N3O3S. The number of rotatable bonds is 7. The molecule has 2 N–H and O–H groups in total. The summed E-state index contributed by atoms with van der Waals surface area (Å²) in [6, 6.07) is 0.604. The molecule has 2 fully saturated rings. The summed E-state index contributed by atoms with van der Waals surface area (Å²) in [6.07, 6.45) is 9.06. The molecule has 1 saturated heterocycles. The van der Waals surface area contributed by atoms with Crippen LogP contribution >= 0.6 is 0 Å². The van der Waals surface area contributed by atoms with Crippen molar-refractivity contribution in [2.75, 3.05) is 31.9 Å². The van der Waals surface area contributed by atoms with E-state index in [-0.39, 0.29) is 17.6 Å². The predicted octanol–water partition coefficient (Wildman–Crippen LogP) is 1.48. The molecule has 1 saturated carbocycles. The maximum Gasteiger partial charge on any atom is 0.223 e. The van der Waals surface area contributed by atoms with Gasteiger partial charge in [0, 0.05) is 38.1 Å². The fourth-order valence-corrected chi connectivity index (χ4v) is 4.80. The zero-order valence-electron chi connectivity index (χ0n) is 14.9. The van der Waals surface area contributed by atoms with Crippen LogP contribution in [0.15, 0.2) is 0 Å². The lowest BCUT2D eigenvalue weighted by molar-refractivity contribution is -0.126. The highest BCUT2D eigenvalue weighted by atomic mass is 32.2. The van der Waals surface area contributed by atoms with Gasteiger partial charge in [0.1, 0.15) is 0 Å². The van der Waals surface area contributed by atoms with E-state index >= 15 is 0 Å². The van der Waals surface area contributed by atoms with Gasteiger partial charge in [-0.3, -0.25) is 4.79 Å². The van der Waals surface area contributed by atoms with E-state index in [0.717, 1.165) is 6.54 Å². The van der Waals surface area contributed by atoms with Gasteiger partial charge in [-0.05, 0) is 32.6 Å². The SMILES string of the molecule is CCS(=O)(=O)N1CCC(C(=O)NCCNC2CCCCCC2)CC1. The monoisotopic (exact) mass is 359 g/mol. The molecule has 2 aliphatic rings. The highest BCUT2D eigenvalue weighted by Gasteiger charge is 2.29. The van der Waals surface area contributed by atoms with Crippen molar-refractivity contribution in [3.05, 3.63) is 0 Å². The number of hydrogen-bond acceptors (Lipinski definition) is 4. The van der Waals surface area contributed by atoms with Gasteiger partial charge >= 0.3 is 0 Å². The van der Waals surface area contributed by atoms with Crippen molar-refractivity contribution in [2.45, 2.75) is 64.3 Å². The highest BCUT2D eigenvalue weighted by molar-refractivity contribution is 7.89. The van der Waals surface area contributed by atoms with Crippen molar-refractivity contribution in [3.63, 3.8) is 0 Å². The normalized spacial score (nSPS) is 22.2. The quantitative estimate of drug-likeness (QED) is 0.533. The van der Waals surface area contributed by atoms with Crippen LogP contribution in [0.3, 0.4) is 0 Å². The van der Waals surface area contributed by atoms with Gasteiger partial charge in [0.2, 0.25) is 15.9 Å².